The summed E-state index contributed by atoms with van der Waals surface area (Å²) in [7, 11) is 0. The summed E-state index contributed by atoms with van der Waals surface area (Å²) in [6.45, 7) is 8.22. The second kappa shape index (κ2) is 8.69. The van der Waals surface area contributed by atoms with Crippen LogP contribution in [0.3, 0.4) is 0 Å². The van der Waals surface area contributed by atoms with Crippen molar-refractivity contribution in [3.05, 3.63) is 97.6 Å². The normalized spacial score (nSPS) is 11.6. The van der Waals surface area contributed by atoms with Crippen LogP contribution in [0.4, 0.5) is 0 Å². The maximum atomic E-state index is 13.4. The summed E-state index contributed by atoms with van der Waals surface area (Å²) in [5.74, 6) is -0.786. The zero-order valence-electron chi connectivity index (χ0n) is 18.7. The number of carbonyl (C=O) groups excluding carboxylic acids is 1. The number of fused-ring (bicyclic) bond motifs is 1. The summed E-state index contributed by atoms with van der Waals surface area (Å²) in [6.07, 6.45) is 0. The van der Waals surface area contributed by atoms with Gasteiger partial charge in [-0.3, -0.25) is 4.79 Å². The molecule has 0 fully saturated rings. The molecule has 6 heteroatoms. The highest BCUT2D eigenvalue weighted by molar-refractivity contribution is 6.36. The highest BCUT2D eigenvalue weighted by Crippen LogP contribution is 2.34. The van der Waals surface area contributed by atoms with Crippen LogP contribution in [-0.4, -0.2) is 5.97 Å². The molecule has 1 aromatic heterocycles. The summed E-state index contributed by atoms with van der Waals surface area (Å²) in [5.41, 5.74) is 2.65. The molecule has 0 aliphatic rings. The first-order valence-corrected chi connectivity index (χ1v) is 11.2. The number of rotatable bonds is 3. The summed E-state index contributed by atoms with van der Waals surface area (Å²) in [4.78, 5) is 26.4. The molecule has 0 radical (unpaired) electrons. The lowest BCUT2D eigenvalue weighted by atomic mass is 9.86. The Bertz CT molecular complexity index is 1430. The lowest BCUT2D eigenvalue weighted by Crippen LogP contribution is -2.17. The van der Waals surface area contributed by atoms with Gasteiger partial charge in [-0.1, -0.05) is 79.9 Å². The van der Waals surface area contributed by atoms with E-state index in [4.69, 9.17) is 32.4 Å². The largest absolute Gasteiger partial charge is 0.452 e. The lowest BCUT2D eigenvalue weighted by Gasteiger charge is -2.19. The third-order valence-electron chi connectivity index (χ3n) is 5.36. The molecule has 168 valence electrons. The van der Waals surface area contributed by atoms with Crippen LogP contribution in [0.1, 0.15) is 42.3 Å². The van der Waals surface area contributed by atoms with Crippen molar-refractivity contribution in [2.24, 2.45) is 0 Å². The Labute approximate surface area is 201 Å². The minimum Gasteiger partial charge on any atom is -0.452 e. The third kappa shape index (κ3) is 4.68. The van der Waals surface area contributed by atoms with Crippen LogP contribution < -0.4 is 10.2 Å². The second-order valence-electron chi connectivity index (χ2n) is 8.93. The van der Waals surface area contributed by atoms with Crippen LogP contribution in [0.5, 0.6) is 5.75 Å². The Morgan fingerprint density at radius 3 is 2.27 bits per heavy atom. The van der Waals surface area contributed by atoms with E-state index in [9.17, 15) is 9.59 Å². The van der Waals surface area contributed by atoms with Crippen molar-refractivity contribution < 1.29 is 13.9 Å². The molecule has 0 N–H and O–H groups in total. The first kappa shape index (κ1) is 23.1. The molecule has 0 saturated heterocycles. The van der Waals surface area contributed by atoms with Gasteiger partial charge in [0.25, 0.3) is 0 Å². The average molecular weight is 481 g/mol. The summed E-state index contributed by atoms with van der Waals surface area (Å²) < 4.78 is 11.7. The SMILES string of the molecule is Cc1ccc2oc(-c3ccc(C(C)(C)C)cc3)c(OC(=O)c3ccc(Cl)cc3Cl)c(=O)c2c1. The topological polar surface area (TPSA) is 56.5 Å². The number of hydrogen-bond acceptors (Lipinski definition) is 4. The van der Waals surface area contributed by atoms with Crippen molar-refractivity contribution in [2.45, 2.75) is 33.1 Å². The number of aryl methyl sites for hydroxylation is 1. The van der Waals surface area contributed by atoms with Gasteiger partial charge in [0.15, 0.2) is 5.76 Å². The van der Waals surface area contributed by atoms with Gasteiger partial charge in [0.1, 0.15) is 5.58 Å². The Morgan fingerprint density at radius 2 is 1.64 bits per heavy atom. The fourth-order valence-corrected chi connectivity index (χ4v) is 3.98. The molecular weight excluding hydrogens is 459 g/mol. The van der Waals surface area contributed by atoms with Crippen molar-refractivity contribution in [1.82, 2.24) is 0 Å². The Balaban J connectivity index is 1.88. The van der Waals surface area contributed by atoms with Crippen LogP contribution in [0.25, 0.3) is 22.3 Å². The minimum absolute atomic E-state index is 0.0408. The molecule has 0 saturated carbocycles. The molecule has 4 rings (SSSR count). The number of ether oxygens (including phenoxy) is 1. The summed E-state index contributed by atoms with van der Waals surface area (Å²) in [6, 6.07) is 17.4. The molecule has 0 aliphatic heterocycles. The van der Waals surface area contributed by atoms with E-state index in [0.717, 1.165) is 11.1 Å². The van der Waals surface area contributed by atoms with Crippen LogP contribution in [0, 0.1) is 6.92 Å². The van der Waals surface area contributed by atoms with E-state index in [2.05, 4.69) is 20.8 Å². The molecule has 0 bridgehead atoms. The lowest BCUT2D eigenvalue weighted by molar-refractivity contribution is 0.0731. The van der Waals surface area contributed by atoms with Crippen molar-refractivity contribution in [3.63, 3.8) is 0 Å². The Morgan fingerprint density at radius 1 is 0.939 bits per heavy atom. The second-order valence-corrected chi connectivity index (χ2v) is 9.77. The minimum atomic E-state index is -0.775. The van der Waals surface area contributed by atoms with Gasteiger partial charge in [-0.05, 0) is 48.2 Å². The van der Waals surface area contributed by atoms with Crippen molar-refractivity contribution in [2.75, 3.05) is 0 Å². The first-order valence-electron chi connectivity index (χ1n) is 10.4. The van der Waals surface area contributed by atoms with E-state index in [-0.39, 0.29) is 27.5 Å². The molecule has 0 spiro atoms. The predicted octanol–water partition coefficient (Wildman–Crippen LogP) is 7.59. The highest BCUT2D eigenvalue weighted by atomic mass is 35.5. The zero-order chi connectivity index (χ0) is 23.9. The van der Waals surface area contributed by atoms with Crippen LogP contribution >= 0.6 is 23.2 Å². The van der Waals surface area contributed by atoms with Gasteiger partial charge in [0.05, 0.1) is 16.0 Å². The molecule has 0 atom stereocenters. The Hall–Kier alpha value is -3.08. The van der Waals surface area contributed by atoms with Crippen LogP contribution in [0.15, 0.2) is 69.9 Å². The maximum Gasteiger partial charge on any atom is 0.345 e. The van der Waals surface area contributed by atoms with Gasteiger partial charge in [0, 0.05) is 10.6 Å². The fraction of sp³-hybridized carbons (Fsp3) is 0.185. The average Bonchev–Trinajstić information content (AvgIpc) is 2.75. The van der Waals surface area contributed by atoms with Gasteiger partial charge < -0.3 is 9.15 Å². The number of halogens is 2. The van der Waals surface area contributed by atoms with Gasteiger partial charge in [-0.15, -0.1) is 0 Å². The van der Waals surface area contributed by atoms with E-state index in [1.54, 1.807) is 12.1 Å². The third-order valence-corrected chi connectivity index (χ3v) is 5.91. The first-order chi connectivity index (χ1) is 15.5. The van der Waals surface area contributed by atoms with E-state index in [1.807, 2.05) is 37.3 Å². The van der Waals surface area contributed by atoms with Gasteiger partial charge in [-0.25, -0.2) is 4.79 Å². The molecule has 4 nitrogen and oxygen atoms in total. The monoisotopic (exact) mass is 480 g/mol. The number of esters is 1. The molecule has 0 unspecified atom stereocenters. The van der Waals surface area contributed by atoms with Crippen molar-refractivity contribution in [3.8, 4) is 17.1 Å². The van der Waals surface area contributed by atoms with Crippen molar-refractivity contribution in [1.29, 1.82) is 0 Å². The van der Waals surface area contributed by atoms with Gasteiger partial charge >= 0.3 is 5.97 Å². The molecule has 1 heterocycles. The van der Waals surface area contributed by atoms with E-state index in [1.165, 1.54) is 18.2 Å². The predicted molar refractivity (Wildman–Crippen MR) is 133 cm³/mol. The zero-order valence-corrected chi connectivity index (χ0v) is 20.2. The standard InChI is InChI=1S/C27H22Cl2O4/c1-15-5-12-22-20(13-15)23(30)25(33-26(31)19-11-10-18(28)14-21(19)29)24(32-22)16-6-8-17(9-7-16)27(2,3)4/h5-14H,1-4H3. The molecule has 0 amide bonds. The van der Waals surface area contributed by atoms with Gasteiger partial charge in [0.2, 0.25) is 11.2 Å². The molecule has 3 aromatic carbocycles. The summed E-state index contributed by atoms with van der Waals surface area (Å²) >= 11 is 12.1. The summed E-state index contributed by atoms with van der Waals surface area (Å²) in [5, 5.41) is 0.844. The number of hydrogen-bond donors (Lipinski definition) is 0. The molecule has 4 aromatic rings. The molecule has 0 aliphatic carbocycles. The fourth-order valence-electron chi connectivity index (χ4n) is 3.50. The van der Waals surface area contributed by atoms with E-state index >= 15 is 0 Å². The van der Waals surface area contributed by atoms with Crippen LogP contribution in [0.2, 0.25) is 10.0 Å². The number of benzene rings is 3. The number of carbonyl (C=O) groups is 1. The maximum absolute atomic E-state index is 13.4. The van der Waals surface area contributed by atoms with Crippen molar-refractivity contribution >= 4 is 40.1 Å². The van der Waals surface area contributed by atoms with E-state index in [0.29, 0.717) is 21.6 Å². The van der Waals surface area contributed by atoms with Crippen LogP contribution in [-0.2, 0) is 5.41 Å². The van der Waals surface area contributed by atoms with E-state index < -0.39 is 11.4 Å². The smallest absolute Gasteiger partial charge is 0.345 e. The molecule has 33 heavy (non-hydrogen) atoms. The van der Waals surface area contributed by atoms with Gasteiger partial charge in [-0.2, -0.15) is 0 Å². The molecular formula is C27H22Cl2O4. The highest BCUT2D eigenvalue weighted by Gasteiger charge is 2.23. The quantitative estimate of drug-likeness (QED) is 0.283. The Kier molecular flexibility index (Phi) is 6.08.